The molecule has 0 spiro atoms. The van der Waals surface area contributed by atoms with Crippen LogP contribution in [0.5, 0.6) is 5.75 Å². The van der Waals surface area contributed by atoms with Crippen LogP contribution in [0.25, 0.3) is 6.08 Å². The van der Waals surface area contributed by atoms with Crippen LogP contribution in [-0.2, 0) is 16.2 Å². The summed E-state index contributed by atoms with van der Waals surface area (Å²) in [5.41, 5.74) is 2.57. The summed E-state index contributed by atoms with van der Waals surface area (Å²) in [4.78, 5) is 39.2. The number of nitrogens with zero attached hydrogens (tertiary/aromatic N) is 1. The molecule has 1 heterocycles. The maximum atomic E-state index is 13.2. The molecular formula is C25H18Br2N2O4. The van der Waals surface area contributed by atoms with Crippen LogP contribution < -0.4 is 15.0 Å². The van der Waals surface area contributed by atoms with Gasteiger partial charge >= 0.3 is 6.03 Å². The lowest BCUT2D eigenvalue weighted by Gasteiger charge is -2.26. The Bertz CT molecular complexity index is 1300. The molecule has 3 aromatic carbocycles. The summed E-state index contributed by atoms with van der Waals surface area (Å²) in [6.45, 7) is 2.14. The van der Waals surface area contributed by atoms with Gasteiger partial charge < -0.3 is 4.74 Å². The fourth-order valence-electron chi connectivity index (χ4n) is 3.35. The number of carbonyl (C=O) groups is 3. The molecule has 0 aromatic heterocycles. The van der Waals surface area contributed by atoms with E-state index in [1.807, 2.05) is 43.3 Å². The van der Waals surface area contributed by atoms with E-state index < -0.39 is 17.8 Å². The van der Waals surface area contributed by atoms with Crippen molar-refractivity contribution < 1.29 is 19.1 Å². The molecule has 4 rings (SSSR count). The Kier molecular flexibility index (Phi) is 6.76. The molecule has 4 amide bonds. The molecule has 3 aromatic rings. The summed E-state index contributed by atoms with van der Waals surface area (Å²) in [6.07, 6.45) is 1.44. The predicted molar refractivity (Wildman–Crippen MR) is 133 cm³/mol. The molecule has 1 saturated heterocycles. The molecule has 1 aliphatic rings. The average Bonchev–Trinajstić information content (AvgIpc) is 2.77. The highest BCUT2D eigenvalue weighted by Gasteiger charge is 2.37. The van der Waals surface area contributed by atoms with Crippen LogP contribution in [-0.4, -0.2) is 17.8 Å². The number of anilines is 1. The van der Waals surface area contributed by atoms with Crippen LogP contribution in [0.3, 0.4) is 0 Å². The van der Waals surface area contributed by atoms with Crippen LogP contribution in [0, 0.1) is 6.92 Å². The first-order valence-electron chi connectivity index (χ1n) is 9.97. The van der Waals surface area contributed by atoms with E-state index >= 15 is 0 Å². The van der Waals surface area contributed by atoms with Gasteiger partial charge in [0.25, 0.3) is 11.8 Å². The first-order valence-corrected chi connectivity index (χ1v) is 11.6. The van der Waals surface area contributed by atoms with Crippen molar-refractivity contribution in [2.24, 2.45) is 0 Å². The van der Waals surface area contributed by atoms with Gasteiger partial charge in [0.2, 0.25) is 0 Å². The van der Waals surface area contributed by atoms with E-state index in [1.165, 1.54) is 6.08 Å². The Hall–Kier alpha value is -3.23. The normalized spacial score (nSPS) is 15.1. The number of barbiturate groups is 1. The number of imide groups is 2. The third-order valence-corrected chi connectivity index (χ3v) is 6.24. The summed E-state index contributed by atoms with van der Waals surface area (Å²) in [5, 5.41) is 2.25. The van der Waals surface area contributed by atoms with Gasteiger partial charge in [-0.05, 0) is 55.0 Å². The largest absolute Gasteiger partial charge is 0.488 e. The van der Waals surface area contributed by atoms with Gasteiger partial charge in [-0.25, -0.2) is 9.69 Å². The first-order chi connectivity index (χ1) is 15.8. The van der Waals surface area contributed by atoms with E-state index in [4.69, 9.17) is 4.74 Å². The highest BCUT2D eigenvalue weighted by molar-refractivity contribution is 9.10. The number of halogens is 2. The molecule has 6 nitrogen and oxygen atoms in total. The summed E-state index contributed by atoms with van der Waals surface area (Å²) in [5.74, 6) is -0.974. The van der Waals surface area contributed by atoms with E-state index in [9.17, 15) is 14.4 Å². The number of carbonyl (C=O) groups excluding carboxylic acids is 3. The molecule has 0 bridgehead atoms. The summed E-state index contributed by atoms with van der Waals surface area (Å²) >= 11 is 6.92. The molecule has 1 aliphatic heterocycles. The van der Waals surface area contributed by atoms with E-state index in [1.54, 1.807) is 30.3 Å². The van der Waals surface area contributed by atoms with Gasteiger partial charge in [-0.15, -0.1) is 0 Å². The molecular weight excluding hydrogens is 552 g/mol. The van der Waals surface area contributed by atoms with Gasteiger partial charge in [0.15, 0.2) is 0 Å². The Morgan fingerprint density at radius 1 is 0.970 bits per heavy atom. The quantitative estimate of drug-likeness (QED) is 0.313. The predicted octanol–water partition coefficient (Wildman–Crippen LogP) is 5.77. The number of hydrogen-bond donors (Lipinski definition) is 1. The molecule has 0 aliphatic carbocycles. The molecule has 1 fully saturated rings. The molecule has 0 atom stereocenters. The summed E-state index contributed by atoms with van der Waals surface area (Å²) in [7, 11) is 0. The van der Waals surface area contributed by atoms with E-state index in [-0.39, 0.29) is 12.2 Å². The summed E-state index contributed by atoms with van der Waals surface area (Å²) in [6, 6.07) is 19.2. The van der Waals surface area contributed by atoms with Crippen molar-refractivity contribution in [1.82, 2.24) is 5.32 Å². The minimum Gasteiger partial charge on any atom is -0.488 e. The Labute approximate surface area is 207 Å². The van der Waals surface area contributed by atoms with Crippen molar-refractivity contribution in [2.45, 2.75) is 13.5 Å². The van der Waals surface area contributed by atoms with Gasteiger partial charge in [-0.2, -0.15) is 0 Å². The Balaban J connectivity index is 1.69. The third kappa shape index (κ3) is 5.07. The second-order valence-electron chi connectivity index (χ2n) is 7.36. The molecule has 8 heteroatoms. The number of aryl methyl sites for hydroxylation is 1. The van der Waals surface area contributed by atoms with Crippen molar-refractivity contribution in [3.63, 3.8) is 0 Å². The highest BCUT2D eigenvalue weighted by atomic mass is 79.9. The lowest BCUT2D eigenvalue weighted by atomic mass is 10.1. The number of hydrogen-bond acceptors (Lipinski definition) is 4. The van der Waals surface area contributed by atoms with Gasteiger partial charge in [-0.3, -0.25) is 14.9 Å². The smallest absolute Gasteiger partial charge is 0.335 e. The highest BCUT2D eigenvalue weighted by Crippen LogP contribution is 2.29. The SMILES string of the molecule is Cc1cccc(N2C(=O)NC(=O)/C(=C\c3cc(Br)ccc3OCc3ccccc3Br)C2=O)c1. The molecule has 1 N–H and O–H groups in total. The van der Waals surface area contributed by atoms with Crippen LogP contribution in [0.4, 0.5) is 10.5 Å². The number of nitrogens with one attached hydrogen (secondary N) is 1. The van der Waals surface area contributed by atoms with Crippen molar-refractivity contribution in [3.05, 3.63) is 97.9 Å². The first kappa shape index (κ1) is 22.9. The monoisotopic (exact) mass is 568 g/mol. The maximum Gasteiger partial charge on any atom is 0.335 e. The van der Waals surface area contributed by atoms with E-state index in [0.29, 0.717) is 17.0 Å². The van der Waals surface area contributed by atoms with Crippen molar-refractivity contribution in [1.29, 1.82) is 0 Å². The molecule has 166 valence electrons. The second-order valence-corrected chi connectivity index (χ2v) is 9.13. The number of amides is 4. The third-order valence-electron chi connectivity index (χ3n) is 4.97. The zero-order valence-electron chi connectivity index (χ0n) is 17.5. The Morgan fingerprint density at radius 2 is 1.76 bits per heavy atom. The van der Waals surface area contributed by atoms with Gasteiger partial charge in [-0.1, -0.05) is 62.2 Å². The van der Waals surface area contributed by atoms with Gasteiger partial charge in [0.1, 0.15) is 17.9 Å². The fraction of sp³-hybridized carbons (Fsp3) is 0.0800. The molecule has 0 radical (unpaired) electrons. The maximum absolute atomic E-state index is 13.2. The minimum atomic E-state index is -0.785. The van der Waals surface area contributed by atoms with Crippen LogP contribution in [0.2, 0.25) is 0 Å². The topological polar surface area (TPSA) is 75.7 Å². The fourth-order valence-corrected chi connectivity index (χ4v) is 4.13. The molecule has 33 heavy (non-hydrogen) atoms. The number of rotatable bonds is 5. The van der Waals surface area contributed by atoms with Crippen LogP contribution in [0.1, 0.15) is 16.7 Å². The van der Waals surface area contributed by atoms with Crippen LogP contribution >= 0.6 is 31.9 Å². The van der Waals surface area contributed by atoms with Gasteiger partial charge in [0, 0.05) is 20.1 Å². The lowest BCUT2D eigenvalue weighted by molar-refractivity contribution is -0.122. The van der Waals surface area contributed by atoms with E-state index in [0.717, 1.165) is 25.0 Å². The van der Waals surface area contributed by atoms with Gasteiger partial charge in [0.05, 0.1) is 5.69 Å². The number of ether oxygens (including phenoxy) is 1. The van der Waals surface area contributed by atoms with Crippen LogP contribution in [0.15, 0.2) is 81.2 Å². The zero-order chi connectivity index (χ0) is 23.5. The standard InChI is InChI=1S/C25H18Br2N2O4/c1-15-5-4-7-19(11-15)29-24(31)20(23(30)28-25(29)32)13-17-12-18(26)9-10-22(17)33-14-16-6-2-3-8-21(16)27/h2-13H,14H2,1H3,(H,28,30,32)/b20-13+. The Morgan fingerprint density at radius 3 is 2.52 bits per heavy atom. The zero-order valence-corrected chi connectivity index (χ0v) is 20.6. The lowest BCUT2D eigenvalue weighted by Crippen LogP contribution is -2.54. The number of urea groups is 1. The van der Waals surface area contributed by atoms with Crippen molar-refractivity contribution >= 4 is 61.5 Å². The van der Waals surface area contributed by atoms with E-state index in [2.05, 4.69) is 37.2 Å². The molecule has 0 unspecified atom stereocenters. The van der Waals surface area contributed by atoms with Crippen molar-refractivity contribution in [2.75, 3.05) is 4.90 Å². The minimum absolute atomic E-state index is 0.167. The summed E-state index contributed by atoms with van der Waals surface area (Å²) < 4.78 is 7.66. The second kappa shape index (κ2) is 9.72. The number of benzene rings is 3. The average molecular weight is 570 g/mol. The van der Waals surface area contributed by atoms with Crippen molar-refractivity contribution in [3.8, 4) is 5.75 Å². The molecule has 0 saturated carbocycles.